The van der Waals surface area contributed by atoms with E-state index in [4.69, 9.17) is 5.73 Å². The molecule has 1 aliphatic heterocycles. The van der Waals surface area contributed by atoms with Crippen molar-refractivity contribution in [3.05, 3.63) is 48.4 Å². The number of amides is 1. The van der Waals surface area contributed by atoms with E-state index in [1.54, 1.807) is 12.4 Å². The van der Waals surface area contributed by atoms with E-state index in [-0.39, 0.29) is 11.6 Å². The van der Waals surface area contributed by atoms with Crippen molar-refractivity contribution in [2.24, 2.45) is 5.73 Å². The van der Waals surface area contributed by atoms with Gasteiger partial charge in [-0.2, -0.15) is 20.0 Å². The molecule has 2 aromatic heterocycles. The number of hydrogen-bond donors (Lipinski definition) is 3. The highest BCUT2D eigenvalue weighted by atomic mass is 16.1. The molecule has 3 aromatic rings. The van der Waals surface area contributed by atoms with Crippen LogP contribution in [-0.2, 0) is 0 Å². The summed E-state index contributed by atoms with van der Waals surface area (Å²) in [6, 6.07) is 7.74. The number of anilines is 3. The number of likely N-dealkylation sites (tertiary alicyclic amines) is 1. The summed E-state index contributed by atoms with van der Waals surface area (Å²) in [5, 5.41) is 14.8. The maximum atomic E-state index is 11.9. The minimum Gasteiger partial charge on any atom is -0.365 e. The number of nitrogens with two attached hydrogens (primary N) is 1. The van der Waals surface area contributed by atoms with Crippen LogP contribution in [0.4, 0.5) is 17.5 Å². The summed E-state index contributed by atoms with van der Waals surface area (Å²) in [4.78, 5) is 24.5. The predicted octanol–water partition coefficient (Wildman–Crippen LogP) is 1.41. The highest BCUT2D eigenvalue weighted by Gasteiger charge is 2.22. The summed E-state index contributed by atoms with van der Waals surface area (Å²) < 4.78 is 0. The molecule has 0 aliphatic carbocycles. The first-order valence-corrected chi connectivity index (χ1v) is 9.52. The number of carbonyl (C=O) groups excluding carboxylic acids is 1. The highest BCUT2D eigenvalue weighted by Crippen LogP contribution is 2.22. The minimum atomic E-state index is -0.595. The van der Waals surface area contributed by atoms with Crippen LogP contribution in [0.15, 0.2) is 42.9 Å². The second-order valence-corrected chi connectivity index (χ2v) is 6.84. The molecule has 4 rings (SSSR count). The van der Waals surface area contributed by atoms with Gasteiger partial charge in [-0.1, -0.05) is 13.0 Å². The molecule has 1 atom stereocenters. The molecule has 0 radical (unpaired) electrons. The van der Waals surface area contributed by atoms with Gasteiger partial charge < -0.3 is 21.3 Å². The number of aromatic nitrogens is 5. The molecule has 0 bridgehead atoms. The molecule has 10 heteroatoms. The van der Waals surface area contributed by atoms with Gasteiger partial charge in [-0.05, 0) is 31.2 Å². The lowest BCUT2D eigenvalue weighted by molar-refractivity contribution is 0.100. The number of likely N-dealkylation sites (N-methyl/N-ethyl adjacent to an activating group) is 1. The van der Waals surface area contributed by atoms with Crippen molar-refractivity contribution in [2.45, 2.75) is 19.4 Å². The third-order valence-electron chi connectivity index (χ3n) is 4.87. The Morgan fingerprint density at radius 3 is 2.86 bits per heavy atom. The number of primary amides is 1. The summed E-state index contributed by atoms with van der Waals surface area (Å²) in [6.07, 6.45) is 5.69. The average molecular weight is 393 g/mol. The Bertz CT molecular complexity index is 989. The zero-order valence-corrected chi connectivity index (χ0v) is 16.1. The second kappa shape index (κ2) is 8.23. The first-order valence-electron chi connectivity index (χ1n) is 9.52. The van der Waals surface area contributed by atoms with Crippen molar-refractivity contribution in [2.75, 3.05) is 30.3 Å². The fourth-order valence-electron chi connectivity index (χ4n) is 3.34. The molecule has 10 nitrogen and oxygen atoms in total. The number of rotatable bonds is 7. The van der Waals surface area contributed by atoms with Gasteiger partial charge in [0, 0.05) is 31.0 Å². The van der Waals surface area contributed by atoms with Gasteiger partial charge in [0.1, 0.15) is 11.4 Å². The topological polar surface area (TPSA) is 127 Å². The molecule has 1 aliphatic rings. The lowest BCUT2D eigenvalue weighted by Gasteiger charge is -2.16. The zero-order chi connectivity index (χ0) is 20.2. The molecule has 1 fully saturated rings. The largest absolute Gasteiger partial charge is 0.365 e. The van der Waals surface area contributed by atoms with Gasteiger partial charge >= 0.3 is 0 Å². The van der Waals surface area contributed by atoms with Crippen molar-refractivity contribution in [1.29, 1.82) is 0 Å². The summed E-state index contributed by atoms with van der Waals surface area (Å²) in [5.74, 6) is 0.221. The van der Waals surface area contributed by atoms with Gasteiger partial charge in [0.15, 0.2) is 0 Å². The quantitative estimate of drug-likeness (QED) is 0.550. The lowest BCUT2D eigenvalue weighted by atomic mass is 10.2. The third kappa shape index (κ3) is 4.32. The summed E-state index contributed by atoms with van der Waals surface area (Å²) in [5.41, 5.74) is 7.24. The van der Waals surface area contributed by atoms with E-state index in [0.29, 0.717) is 11.8 Å². The van der Waals surface area contributed by atoms with Crippen molar-refractivity contribution in [3.8, 4) is 5.69 Å². The van der Waals surface area contributed by atoms with Crippen LogP contribution in [0.5, 0.6) is 0 Å². The maximum Gasteiger partial charge on any atom is 0.254 e. The molecule has 1 amide bonds. The van der Waals surface area contributed by atoms with Crippen LogP contribution < -0.4 is 16.4 Å². The fraction of sp³-hybridized carbons (Fsp3) is 0.316. The lowest BCUT2D eigenvalue weighted by Crippen LogP contribution is -2.27. The molecule has 3 heterocycles. The molecule has 150 valence electrons. The molecular formula is C19H23N9O. The zero-order valence-electron chi connectivity index (χ0n) is 16.1. The van der Waals surface area contributed by atoms with E-state index in [9.17, 15) is 4.79 Å². The SMILES string of the molecule is CCN1CC[C@@H](Nc2ncc(C(N)=O)c(Nc3cccc(-n4nccn4)c3)n2)C1. The van der Waals surface area contributed by atoms with E-state index >= 15 is 0 Å². The van der Waals surface area contributed by atoms with E-state index in [0.717, 1.165) is 37.4 Å². The van der Waals surface area contributed by atoms with Crippen LogP contribution in [-0.4, -0.2) is 61.4 Å². The molecule has 1 saturated heterocycles. The molecular weight excluding hydrogens is 370 g/mol. The van der Waals surface area contributed by atoms with Gasteiger partial charge in [0.2, 0.25) is 5.95 Å². The van der Waals surface area contributed by atoms with Crippen molar-refractivity contribution >= 4 is 23.4 Å². The Hall–Kier alpha value is -3.53. The molecule has 1 aromatic carbocycles. The van der Waals surface area contributed by atoms with E-state index in [1.165, 1.54) is 11.0 Å². The van der Waals surface area contributed by atoms with Crippen LogP contribution in [0, 0.1) is 0 Å². The van der Waals surface area contributed by atoms with E-state index in [2.05, 4.69) is 42.6 Å². The van der Waals surface area contributed by atoms with Gasteiger partial charge in [-0.3, -0.25) is 4.79 Å². The van der Waals surface area contributed by atoms with Crippen LogP contribution >= 0.6 is 0 Å². The first kappa shape index (κ1) is 18.8. The number of nitrogens with zero attached hydrogens (tertiary/aromatic N) is 6. The number of hydrogen-bond acceptors (Lipinski definition) is 8. The van der Waals surface area contributed by atoms with Crippen molar-refractivity contribution in [3.63, 3.8) is 0 Å². The molecule has 0 spiro atoms. The van der Waals surface area contributed by atoms with Gasteiger partial charge in [-0.15, -0.1) is 0 Å². The third-order valence-corrected chi connectivity index (χ3v) is 4.87. The van der Waals surface area contributed by atoms with Crippen molar-refractivity contribution < 1.29 is 4.79 Å². The number of nitrogens with one attached hydrogen (secondary N) is 2. The molecule has 0 unspecified atom stereocenters. The average Bonchev–Trinajstić information content (AvgIpc) is 3.40. The Kier molecular flexibility index (Phi) is 5.34. The summed E-state index contributed by atoms with van der Waals surface area (Å²) in [6.45, 7) is 5.16. The molecule has 29 heavy (non-hydrogen) atoms. The molecule has 0 saturated carbocycles. The Balaban J connectivity index is 1.57. The smallest absolute Gasteiger partial charge is 0.254 e. The van der Waals surface area contributed by atoms with Gasteiger partial charge in [-0.25, -0.2) is 4.98 Å². The van der Waals surface area contributed by atoms with E-state index < -0.39 is 5.91 Å². The normalized spacial score (nSPS) is 16.7. The van der Waals surface area contributed by atoms with Gasteiger partial charge in [0.25, 0.3) is 5.91 Å². The Morgan fingerprint density at radius 1 is 1.31 bits per heavy atom. The van der Waals surface area contributed by atoms with Gasteiger partial charge in [0.05, 0.1) is 18.1 Å². The highest BCUT2D eigenvalue weighted by molar-refractivity contribution is 5.98. The summed E-state index contributed by atoms with van der Waals surface area (Å²) in [7, 11) is 0. The fourth-order valence-corrected chi connectivity index (χ4v) is 3.34. The summed E-state index contributed by atoms with van der Waals surface area (Å²) >= 11 is 0. The standard InChI is InChI=1S/C19H23N9O/c1-2-27-9-6-14(12-27)25-19-21-11-16(17(20)29)18(26-19)24-13-4-3-5-15(10-13)28-22-7-8-23-28/h3-5,7-8,10-11,14H,2,6,9,12H2,1H3,(H2,20,29)(H2,21,24,25,26)/t14-/m1/s1. The number of benzene rings is 1. The Labute approximate surface area is 168 Å². The van der Waals surface area contributed by atoms with Crippen LogP contribution in [0.25, 0.3) is 5.69 Å². The van der Waals surface area contributed by atoms with E-state index in [1.807, 2.05) is 24.3 Å². The second-order valence-electron chi connectivity index (χ2n) is 6.84. The Morgan fingerprint density at radius 2 is 2.14 bits per heavy atom. The van der Waals surface area contributed by atoms with Crippen LogP contribution in [0.2, 0.25) is 0 Å². The minimum absolute atomic E-state index is 0.222. The monoisotopic (exact) mass is 393 g/mol. The number of carbonyl (C=O) groups is 1. The maximum absolute atomic E-state index is 11.9. The van der Waals surface area contributed by atoms with Crippen LogP contribution in [0.3, 0.4) is 0 Å². The first-order chi connectivity index (χ1) is 14.1. The predicted molar refractivity (Wildman–Crippen MR) is 109 cm³/mol. The van der Waals surface area contributed by atoms with Crippen molar-refractivity contribution in [1.82, 2.24) is 29.9 Å². The molecule has 4 N–H and O–H groups in total. The van der Waals surface area contributed by atoms with Crippen LogP contribution in [0.1, 0.15) is 23.7 Å².